The first-order valence-corrected chi connectivity index (χ1v) is 10.3. The second-order valence-electron chi connectivity index (χ2n) is 7.56. The fourth-order valence-electron chi connectivity index (χ4n) is 3.63. The number of hydrogen-bond donors (Lipinski definition) is 2. The number of H-pyrrole nitrogens is 1. The lowest BCUT2D eigenvalue weighted by Gasteiger charge is -2.32. The molecule has 2 amide bonds. The number of fused-ring (bicyclic) bond motifs is 1. The number of carbonyl (C=O) groups excluding carboxylic acids is 1. The van der Waals surface area contributed by atoms with Gasteiger partial charge in [0.2, 0.25) is 11.7 Å². The van der Waals surface area contributed by atoms with E-state index in [4.69, 9.17) is 16.1 Å². The van der Waals surface area contributed by atoms with Gasteiger partial charge in [-0.3, -0.25) is 0 Å². The number of rotatable bonds is 3. The zero-order chi connectivity index (χ0) is 22.2. The predicted molar refractivity (Wildman–Crippen MR) is 115 cm³/mol. The molecule has 1 unspecified atom stereocenters. The fourth-order valence-corrected chi connectivity index (χ4v) is 3.81. The first-order valence-electron chi connectivity index (χ1n) is 9.92. The van der Waals surface area contributed by atoms with Crippen LogP contribution in [0.3, 0.4) is 0 Å². The zero-order valence-electron chi connectivity index (χ0n) is 17.0. The van der Waals surface area contributed by atoms with E-state index < -0.39 is 11.9 Å². The number of aromatic nitrogens is 4. The summed E-state index contributed by atoms with van der Waals surface area (Å²) < 4.78 is 19.0. The molecule has 0 aliphatic carbocycles. The number of urea groups is 1. The molecule has 0 radical (unpaired) electrons. The maximum Gasteiger partial charge on any atom is 0.322 e. The lowest BCUT2D eigenvalue weighted by atomic mass is 10.0. The van der Waals surface area contributed by atoms with E-state index in [1.807, 2.05) is 31.2 Å². The monoisotopic (exact) mass is 452 g/mol. The summed E-state index contributed by atoms with van der Waals surface area (Å²) in [5, 5.41) is 6.89. The number of amides is 2. The number of nitrogens with zero attached hydrogens (tertiary/aromatic N) is 4. The number of hydrogen-bond acceptors (Lipinski definition) is 5. The Morgan fingerprint density at radius 2 is 2.09 bits per heavy atom. The molecule has 8 nitrogen and oxygen atoms in total. The summed E-state index contributed by atoms with van der Waals surface area (Å²) in [6.07, 6.45) is 2.01. The molecular formula is C22H18ClFN6O2. The molecule has 162 valence electrons. The van der Waals surface area contributed by atoms with Crippen LogP contribution in [0, 0.1) is 12.7 Å². The van der Waals surface area contributed by atoms with Crippen molar-refractivity contribution in [3.63, 3.8) is 0 Å². The van der Waals surface area contributed by atoms with Crippen LogP contribution < -0.4 is 5.32 Å². The quantitative estimate of drug-likeness (QED) is 0.461. The Morgan fingerprint density at radius 3 is 2.88 bits per heavy atom. The highest BCUT2D eigenvalue weighted by molar-refractivity contribution is 6.31. The molecule has 1 aliphatic rings. The van der Waals surface area contributed by atoms with Crippen molar-refractivity contribution in [2.24, 2.45) is 0 Å². The number of imidazole rings is 1. The minimum absolute atomic E-state index is 0.0354. The Hall–Kier alpha value is -3.72. The van der Waals surface area contributed by atoms with Crippen molar-refractivity contribution in [1.29, 1.82) is 0 Å². The number of anilines is 1. The highest BCUT2D eigenvalue weighted by Gasteiger charge is 2.36. The van der Waals surface area contributed by atoms with Gasteiger partial charge in [-0.1, -0.05) is 34.5 Å². The predicted octanol–water partition coefficient (Wildman–Crippen LogP) is 4.89. The SMILES string of the molecule is Cc1ccc(NC(=O)N2Cc3[nH]cnc3CC2c2nc(-c3ccc(F)c(Cl)c3)no2)cc1. The molecule has 0 bridgehead atoms. The molecule has 0 saturated carbocycles. The number of halogens is 2. The van der Waals surface area contributed by atoms with Gasteiger partial charge in [-0.25, -0.2) is 14.2 Å². The van der Waals surface area contributed by atoms with E-state index in [9.17, 15) is 9.18 Å². The minimum atomic E-state index is -0.531. The zero-order valence-corrected chi connectivity index (χ0v) is 17.7. The first-order chi connectivity index (χ1) is 15.5. The lowest BCUT2D eigenvalue weighted by Crippen LogP contribution is -2.41. The Labute approximate surface area is 187 Å². The third-order valence-corrected chi connectivity index (χ3v) is 5.66. The smallest absolute Gasteiger partial charge is 0.322 e. The van der Waals surface area contributed by atoms with Gasteiger partial charge in [0.05, 0.1) is 29.3 Å². The standard InChI is InChI=1S/C22H18ClFN6O2/c1-12-2-5-14(6-3-12)27-22(31)30-10-18-17(25-11-26-18)9-19(30)21-28-20(29-32-21)13-4-7-16(24)15(23)8-13/h2-8,11,19H,9-10H2,1H3,(H,25,26)(H,27,31). The number of aromatic amines is 1. The molecule has 10 heteroatoms. The highest BCUT2D eigenvalue weighted by atomic mass is 35.5. The molecule has 2 aromatic heterocycles. The van der Waals surface area contributed by atoms with Gasteiger partial charge in [-0.15, -0.1) is 0 Å². The van der Waals surface area contributed by atoms with E-state index >= 15 is 0 Å². The van der Waals surface area contributed by atoms with Crippen molar-refractivity contribution >= 4 is 23.3 Å². The average Bonchev–Trinajstić information content (AvgIpc) is 3.45. The first kappa shape index (κ1) is 20.2. The number of aryl methyl sites for hydroxylation is 1. The summed E-state index contributed by atoms with van der Waals surface area (Å²) >= 11 is 5.88. The molecular weight excluding hydrogens is 435 g/mol. The summed E-state index contributed by atoms with van der Waals surface area (Å²) in [5.74, 6) is -0.0156. The Kier molecular flexibility index (Phi) is 5.10. The summed E-state index contributed by atoms with van der Waals surface area (Å²) in [5.41, 5.74) is 3.98. The molecule has 0 fully saturated rings. The molecule has 0 spiro atoms. The minimum Gasteiger partial charge on any atom is -0.347 e. The van der Waals surface area contributed by atoms with E-state index in [0.29, 0.717) is 24.2 Å². The third-order valence-electron chi connectivity index (χ3n) is 5.37. The van der Waals surface area contributed by atoms with Crippen LogP contribution in [0.25, 0.3) is 11.4 Å². The molecule has 4 aromatic rings. The molecule has 1 atom stereocenters. The van der Waals surface area contributed by atoms with Gasteiger partial charge in [0.25, 0.3) is 0 Å². The summed E-state index contributed by atoms with van der Waals surface area (Å²) in [7, 11) is 0. The van der Waals surface area contributed by atoms with Crippen LogP contribution in [0.5, 0.6) is 0 Å². The van der Waals surface area contributed by atoms with Crippen molar-refractivity contribution in [3.8, 4) is 11.4 Å². The van der Waals surface area contributed by atoms with Crippen molar-refractivity contribution in [3.05, 3.63) is 82.5 Å². The second kappa shape index (κ2) is 8.08. The van der Waals surface area contributed by atoms with E-state index in [0.717, 1.165) is 17.0 Å². The Bertz CT molecular complexity index is 1290. The largest absolute Gasteiger partial charge is 0.347 e. The average molecular weight is 453 g/mol. The van der Waals surface area contributed by atoms with Gasteiger partial charge >= 0.3 is 6.03 Å². The van der Waals surface area contributed by atoms with Crippen LogP contribution in [0.15, 0.2) is 53.3 Å². The fraction of sp³-hybridized carbons (Fsp3) is 0.182. The van der Waals surface area contributed by atoms with Gasteiger partial charge < -0.3 is 19.7 Å². The van der Waals surface area contributed by atoms with E-state index in [-0.39, 0.29) is 22.8 Å². The van der Waals surface area contributed by atoms with E-state index in [2.05, 4.69) is 25.4 Å². The summed E-state index contributed by atoms with van der Waals surface area (Å²) in [4.78, 5) is 26.7. The maximum atomic E-state index is 13.5. The van der Waals surface area contributed by atoms with E-state index in [1.54, 1.807) is 11.2 Å². The summed E-state index contributed by atoms with van der Waals surface area (Å²) in [6.45, 7) is 2.28. The van der Waals surface area contributed by atoms with Crippen molar-refractivity contribution in [2.45, 2.75) is 25.9 Å². The molecule has 3 heterocycles. The number of benzene rings is 2. The number of carbonyl (C=O) groups is 1. The van der Waals surface area contributed by atoms with Crippen LogP contribution in [-0.2, 0) is 13.0 Å². The normalized spacial score (nSPS) is 15.5. The Morgan fingerprint density at radius 1 is 1.28 bits per heavy atom. The summed E-state index contributed by atoms with van der Waals surface area (Å²) in [6, 6.07) is 10.9. The van der Waals surface area contributed by atoms with Crippen molar-refractivity contribution in [2.75, 3.05) is 5.32 Å². The topological polar surface area (TPSA) is 99.9 Å². The molecule has 2 aromatic carbocycles. The van der Waals surface area contributed by atoms with Crippen LogP contribution in [0.4, 0.5) is 14.9 Å². The highest BCUT2D eigenvalue weighted by Crippen LogP contribution is 2.33. The molecule has 2 N–H and O–H groups in total. The molecule has 32 heavy (non-hydrogen) atoms. The number of nitrogens with one attached hydrogen (secondary N) is 2. The molecule has 0 saturated heterocycles. The third kappa shape index (κ3) is 3.82. The van der Waals surface area contributed by atoms with Gasteiger partial charge in [0.1, 0.15) is 11.9 Å². The van der Waals surface area contributed by atoms with Crippen LogP contribution in [0.1, 0.15) is 28.9 Å². The van der Waals surface area contributed by atoms with Crippen LogP contribution in [-0.4, -0.2) is 31.0 Å². The van der Waals surface area contributed by atoms with Crippen LogP contribution in [0.2, 0.25) is 5.02 Å². The van der Waals surface area contributed by atoms with Gasteiger partial charge in [0.15, 0.2) is 0 Å². The van der Waals surface area contributed by atoms with Gasteiger partial charge in [-0.05, 0) is 37.3 Å². The van der Waals surface area contributed by atoms with Crippen LogP contribution >= 0.6 is 11.6 Å². The molecule has 5 rings (SSSR count). The lowest BCUT2D eigenvalue weighted by molar-refractivity contribution is 0.155. The van der Waals surface area contributed by atoms with Gasteiger partial charge in [-0.2, -0.15) is 4.98 Å². The maximum absolute atomic E-state index is 13.5. The second-order valence-corrected chi connectivity index (χ2v) is 7.96. The van der Waals surface area contributed by atoms with Gasteiger partial charge in [0, 0.05) is 17.7 Å². The molecule has 1 aliphatic heterocycles. The van der Waals surface area contributed by atoms with Crippen molar-refractivity contribution in [1.82, 2.24) is 25.0 Å². The Balaban J connectivity index is 1.45. The van der Waals surface area contributed by atoms with Crippen molar-refractivity contribution < 1.29 is 13.7 Å². The van der Waals surface area contributed by atoms with E-state index in [1.165, 1.54) is 18.2 Å².